The first-order chi connectivity index (χ1) is 47.5. The number of benzene rings is 4. The molecule has 0 spiro atoms. The van der Waals surface area contributed by atoms with Crippen LogP contribution < -0.4 is 19.9 Å². The van der Waals surface area contributed by atoms with Crippen molar-refractivity contribution in [1.82, 2.24) is 98.9 Å². The maximum Gasteiger partial charge on any atom is 2.00 e. The molecule has 4 aromatic carbocycles. The monoisotopic (exact) mass is 2050 g/mol. The maximum atomic E-state index is 4.71. The Kier molecular flexibility index (Phi) is 27.0. The Balaban J connectivity index is 0.000000155. The second-order valence-electron chi connectivity index (χ2n) is 22.6. The van der Waals surface area contributed by atoms with E-state index in [0.29, 0.717) is 49.0 Å². The molecule has 0 amide bonds. The Labute approximate surface area is 642 Å². The predicted octanol–water partition coefficient (Wildman–Crippen LogP) is 12.2. The van der Waals surface area contributed by atoms with E-state index >= 15 is 0 Å². The van der Waals surface area contributed by atoms with Gasteiger partial charge in [-0.1, -0.05) is 73.8 Å². The summed E-state index contributed by atoms with van der Waals surface area (Å²) < 4.78 is 7.37. The molecule has 20 nitrogen and oxygen atoms in total. The molecule has 16 rings (SSSR count). The molecule has 0 atom stereocenters. The first-order valence-electron chi connectivity index (χ1n) is 31.3. The summed E-state index contributed by atoms with van der Waals surface area (Å²) in [7, 11) is 0. The Bertz CT molecular complexity index is 5010. The average molecular weight is 2050 g/mol. The number of hydrogen-bond acceptors (Lipinski definition) is 12. The Morgan fingerprint density at radius 1 is 0.337 bits per heavy atom. The van der Waals surface area contributed by atoms with E-state index in [0.717, 1.165) is 119 Å². The van der Waals surface area contributed by atoms with Gasteiger partial charge in [-0.3, -0.25) is 19.3 Å². The van der Waals surface area contributed by atoms with Crippen LogP contribution in [0.4, 0.5) is 0 Å². The van der Waals surface area contributed by atoms with Crippen molar-refractivity contribution in [1.29, 1.82) is 0 Å². The molecule has 0 fully saturated rings. The van der Waals surface area contributed by atoms with Gasteiger partial charge in [-0.2, -0.15) is 79.0 Å². The molecule has 0 unspecified atom stereocenters. The van der Waals surface area contributed by atoms with E-state index in [-0.39, 0.29) is 84.3 Å². The molecular weight excluding hydrogens is 1990 g/mol. The molecule has 16 aromatic rings. The summed E-state index contributed by atoms with van der Waals surface area (Å²) >= 11 is 0. The first kappa shape index (κ1) is 75.1. The van der Waals surface area contributed by atoms with Crippen LogP contribution in [0.1, 0.15) is 73.5 Å². The van der Waals surface area contributed by atoms with Gasteiger partial charge in [0, 0.05) is 52.8 Å². The number of pyridine rings is 4. The Hall–Kier alpha value is -10.1. The minimum absolute atomic E-state index is 0. The molecule has 12 aromatic heterocycles. The van der Waals surface area contributed by atoms with Crippen LogP contribution in [0.15, 0.2) is 238 Å². The topological polar surface area (TPSA) is 231 Å². The van der Waals surface area contributed by atoms with Gasteiger partial charge in [0.25, 0.3) is 0 Å². The van der Waals surface area contributed by atoms with Crippen LogP contribution in [0.3, 0.4) is 0 Å². The minimum Gasteiger partial charge on any atom is -0.490 e. The van der Waals surface area contributed by atoms with Crippen LogP contribution in [0.5, 0.6) is 0 Å². The van der Waals surface area contributed by atoms with E-state index in [4.69, 9.17) is 9.97 Å². The average Bonchev–Trinajstić information content (AvgIpc) is 1.83. The third-order valence-corrected chi connectivity index (χ3v) is 15.1. The van der Waals surface area contributed by atoms with Gasteiger partial charge in [0.15, 0.2) is 11.6 Å². The van der Waals surface area contributed by atoms with Gasteiger partial charge >= 0.3 is 84.3 Å². The fraction of sp³-hybridized carbons (Fsp3) is 0.117. The second kappa shape index (κ2) is 36.3. The molecule has 0 aliphatic carbocycles. The minimum atomic E-state index is 0. The number of aromatic nitrogens is 20. The van der Waals surface area contributed by atoms with Crippen molar-refractivity contribution in [3.8, 4) is 68.8 Å². The summed E-state index contributed by atoms with van der Waals surface area (Å²) in [5.41, 5.74) is 18.5. The second-order valence-corrected chi connectivity index (χ2v) is 22.6. The summed E-state index contributed by atoms with van der Waals surface area (Å²) in [5, 5.41) is 17.7. The summed E-state index contributed by atoms with van der Waals surface area (Å²) in [6.07, 6.45) is 21.9. The fourth-order valence-electron chi connectivity index (χ4n) is 10.6. The molecule has 0 radical (unpaired) electrons. The zero-order valence-electron chi connectivity index (χ0n) is 55.1. The molecular formula is C77H62N20Pt4. The Morgan fingerprint density at radius 3 is 1.20 bits per heavy atom. The molecule has 24 heteroatoms. The molecule has 0 aliphatic heterocycles. The normalized spacial score (nSPS) is 10.5. The summed E-state index contributed by atoms with van der Waals surface area (Å²) in [6, 6.07) is 69.5. The smallest absolute Gasteiger partial charge is 0.490 e. The van der Waals surface area contributed by atoms with Crippen molar-refractivity contribution in [2.24, 2.45) is 0 Å². The van der Waals surface area contributed by atoms with E-state index < -0.39 is 0 Å². The predicted molar refractivity (Wildman–Crippen MR) is 368 cm³/mol. The van der Waals surface area contributed by atoms with E-state index in [1.165, 1.54) is 0 Å². The van der Waals surface area contributed by atoms with Gasteiger partial charge < -0.3 is 39.9 Å². The van der Waals surface area contributed by atoms with E-state index in [1.54, 1.807) is 60.5 Å². The number of hydrogen-bond donors (Lipinski definition) is 0. The van der Waals surface area contributed by atoms with Gasteiger partial charge in [-0.05, 0) is 156 Å². The number of rotatable bonds is 16. The van der Waals surface area contributed by atoms with E-state index in [1.807, 2.05) is 219 Å². The molecule has 0 saturated heterocycles. The quantitative estimate of drug-likeness (QED) is 0.0819. The third-order valence-electron chi connectivity index (χ3n) is 15.1. The van der Waals surface area contributed by atoms with Crippen LogP contribution in [-0.4, -0.2) is 79.0 Å². The molecule has 0 N–H and O–H groups in total. The van der Waals surface area contributed by atoms with Crippen molar-refractivity contribution in [2.75, 3.05) is 0 Å². The van der Waals surface area contributed by atoms with Crippen LogP contribution in [0.25, 0.3) is 68.8 Å². The van der Waals surface area contributed by atoms with Crippen LogP contribution >= 0.6 is 0 Å². The van der Waals surface area contributed by atoms with Gasteiger partial charge in [0.2, 0.25) is 0 Å². The van der Waals surface area contributed by atoms with Crippen molar-refractivity contribution < 1.29 is 84.3 Å². The van der Waals surface area contributed by atoms with Crippen LogP contribution in [-0.2, 0) is 110 Å². The summed E-state index contributed by atoms with van der Waals surface area (Å²) in [5.74, 6) is 4.35. The molecule has 0 bridgehead atoms. The number of nitrogens with zero attached hydrogens (tertiary/aromatic N) is 20. The molecule has 0 saturated carbocycles. The van der Waals surface area contributed by atoms with E-state index in [2.05, 4.69) is 107 Å². The maximum absolute atomic E-state index is 4.71. The molecule has 0 aliphatic rings. The van der Waals surface area contributed by atoms with Gasteiger partial charge in [-0.15, -0.1) is 83.4 Å². The number of imidazole rings is 4. The van der Waals surface area contributed by atoms with E-state index in [9.17, 15) is 0 Å². The van der Waals surface area contributed by atoms with Gasteiger partial charge in [0.05, 0.1) is 28.5 Å². The third kappa shape index (κ3) is 20.1. The van der Waals surface area contributed by atoms with Gasteiger partial charge in [0.1, 0.15) is 0 Å². The van der Waals surface area contributed by atoms with Gasteiger partial charge in [-0.25, -0.2) is 19.3 Å². The molecule has 101 heavy (non-hydrogen) atoms. The van der Waals surface area contributed by atoms with Crippen LogP contribution in [0, 0.1) is 58.9 Å². The standard InChI is InChI=1S/C20H17N5.3C19H15N5.4Pt/c1-14-11-15(2)25(24-14)18-7-3-5-16(13-18)12-17-6-4-8-19(23-17)20-21-9-10-22-20;1-14-8-11-24(23-14)17-6-2-4-15(13-17)12-16-5-3-7-18(22-16)19-20-9-10-21-19;1-14-8-11-24(23-14)18-7-3-6-17(22-18)13-15-4-2-5-16(12-15)19-20-9-10-21-19;1-14-8-9-22-24(14)18-7-3-6-17(23-18)13-15-4-2-5-16(12-15)19-20-10-11-21-19;;;;/h3-11H,12H2,1-2H3;2-11H,12H2,1H3;2*2-11H,13H2,1H3;;;;/q4*-2;4*+2. The van der Waals surface area contributed by atoms with Crippen molar-refractivity contribution in [3.05, 3.63) is 336 Å². The van der Waals surface area contributed by atoms with Crippen molar-refractivity contribution in [3.63, 3.8) is 0 Å². The molecule has 12 heterocycles. The number of aryl methyl sites for hydroxylation is 5. The van der Waals surface area contributed by atoms with Crippen molar-refractivity contribution in [2.45, 2.75) is 60.3 Å². The molecule has 510 valence electrons. The zero-order valence-corrected chi connectivity index (χ0v) is 64.1. The first-order valence-corrected chi connectivity index (χ1v) is 31.3. The zero-order chi connectivity index (χ0) is 66.3. The largest absolute Gasteiger partial charge is 2.00 e. The fourth-order valence-corrected chi connectivity index (χ4v) is 10.6. The summed E-state index contributed by atoms with van der Waals surface area (Å²) in [4.78, 5) is 52.4. The Morgan fingerprint density at radius 2 is 0.752 bits per heavy atom. The van der Waals surface area contributed by atoms with Crippen molar-refractivity contribution >= 4 is 0 Å². The van der Waals surface area contributed by atoms with Crippen LogP contribution in [0.2, 0.25) is 0 Å². The summed E-state index contributed by atoms with van der Waals surface area (Å²) in [6.45, 7) is 9.99. The SMILES string of the molecule is Cc1cc(C)n(-c2[c-]c(Cc3cccc(-c4ncc[n-]4)n3)ccc2)n1.Cc1ccn(-c2[c-]c(Cc3cccc(-c4ncc[n-]4)n3)ccc2)n1.Cc1ccn(-c2cccc(Cc3[c-]c(-c4ncc[n-]4)ccc3)n2)n1.Cc1ccnn1-c1cccc(Cc2[c-]c(-c3ncc[n-]3)ccc2)n1.[Pt+2].[Pt+2].[Pt+2].[Pt+2].